The molecule has 0 aliphatic carbocycles. The Labute approximate surface area is 155 Å². The van der Waals surface area contributed by atoms with Gasteiger partial charge in [0.05, 0.1) is 5.69 Å². The van der Waals surface area contributed by atoms with Crippen LogP contribution in [0.15, 0.2) is 54.9 Å². The zero-order chi connectivity index (χ0) is 18.5. The van der Waals surface area contributed by atoms with Gasteiger partial charge in [-0.2, -0.15) is 0 Å². The van der Waals surface area contributed by atoms with E-state index < -0.39 is 0 Å². The summed E-state index contributed by atoms with van der Waals surface area (Å²) in [5, 5.41) is 3.23. The summed E-state index contributed by atoms with van der Waals surface area (Å²) < 4.78 is 21.4. The van der Waals surface area contributed by atoms with E-state index in [9.17, 15) is 9.18 Å². The molecule has 1 N–H and O–H groups in total. The Morgan fingerprint density at radius 3 is 2.85 bits per heavy atom. The van der Waals surface area contributed by atoms with E-state index >= 15 is 0 Å². The molecule has 1 amide bonds. The molecule has 26 heavy (non-hydrogen) atoms. The van der Waals surface area contributed by atoms with Crippen LogP contribution in [0, 0.1) is 12.7 Å². The molecular weight excluding hydrogens is 357 g/mol. The predicted octanol–water partition coefficient (Wildman–Crippen LogP) is 3.67. The van der Waals surface area contributed by atoms with Crippen molar-refractivity contribution in [3.8, 4) is 11.4 Å². The van der Waals surface area contributed by atoms with Gasteiger partial charge in [-0.25, -0.2) is 9.37 Å². The smallest absolute Gasteiger partial charge is 0.258 e. The van der Waals surface area contributed by atoms with Gasteiger partial charge in [0, 0.05) is 24.0 Å². The van der Waals surface area contributed by atoms with Gasteiger partial charge in [-0.15, -0.1) is 0 Å². The number of imidazole rings is 1. The highest BCUT2D eigenvalue weighted by molar-refractivity contribution is 6.30. The summed E-state index contributed by atoms with van der Waals surface area (Å²) in [5.41, 5.74) is 1.07. The molecule has 134 valence electrons. The number of rotatable bonds is 6. The molecule has 0 saturated heterocycles. The zero-order valence-corrected chi connectivity index (χ0v) is 14.8. The minimum absolute atomic E-state index is 0.144. The average Bonchev–Trinajstić information content (AvgIpc) is 3.04. The number of aryl methyl sites for hydroxylation is 1. The first-order valence-electron chi connectivity index (χ1n) is 7.97. The summed E-state index contributed by atoms with van der Waals surface area (Å²) in [6.45, 7) is 1.86. The molecule has 3 aromatic rings. The van der Waals surface area contributed by atoms with E-state index in [1.807, 2.05) is 0 Å². The molecule has 1 aromatic heterocycles. The van der Waals surface area contributed by atoms with Crippen molar-refractivity contribution in [3.05, 3.63) is 77.1 Å². The summed E-state index contributed by atoms with van der Waals surface area (Å²) in [6, 6.07) is 11.6. The first-order valence-corrected chi connectivity index (χ1v) is 8.34. The predicted molar refractivity (Wildman–Crippen MR) is 97.1 cm³/mol. The van der Waals surface area contributed by atoms with Crippen LogP contribution in [0.4, 0.5) is 4.39 Å². The third kappa shape index (κ3) is 4.40. The lowest BCUT2D eigenvalue weighted by atomic mass is 10.2. The Morgan fingerprint density at radius 2 is 2.15 bits per heavy atom. The van der Waals surface area contributed by atoms with Gasteiger partial charge in [0.25, 0.3) is 5.91 Å². The normalized spacial score (nSPS) is 10.6. The van der Waals surface area contributed by atoms with Crippen LogP contribution in [0.1, 0.15) is 11.4 Å². The Hall–Kier alpha value is -2.86. The van der Waals surface area contributed by atoms with Gasteiger partial charge in [-0.05, 0) is 42.8 Å². The molecular formula is C19H17ClFN3O2. The summed E-state index contributed by atoms with van der Waals surface area (Å²) >= 11 is 5.85. The van der Waals surface area contributed by atoms with Crippen molar-refractivity contribution < 1.29 is 13.9 Å². The van der Waals surface area contributed by atoms with Crippen molar-refractivity contribution in [2.24, 2.45) is 0 Å². The lowest BCUT2D eigenvalue weighted by Gasteiger charge is -2.10. The Kier molecular flexibility index (Phi) is 5.53. The number of nitrogens with one attached hydrogen (secondary N) is 1. The standard InChI is InChI=1S/C19H17ClFN3O2/c1-13-22-7-8-24(13)18-6-5-14(9-17(18)21)11-23-19(25)12-26-16-4-2-3-15(20)10-16/h2-10H,11-12H2,1H3,(H,23,25). The minimum Gasteiger partial charge on any atom is -0.484 e. The summed E-state index contributed by atoms with van der Waals surface area (Å²) in [7, 11) is 0. The number of nitrogens with zero attached hydrogens (tertiary/aromatic N) is 2. The lowest BCUT2D eigenvalue weighted by Crippen LogP contribution is -2.28. The second kappa shape index (κ2) is 8.01. The van der Waals surface area contributed by atoms with E-state index in [4.69, 9.17) is 16.3 Å². The third-order valence-corrected chi connectivity index (χ3v) is 3.99. The Morgan fingerprint density at radius 1 is 1.31 bits per heavy atom. The largest absolute Gasteiger partial charge is 0.484 e. The van der Waals surface area contributed by atoms with E-state index in [1.165, 1.54) is 6.07 Å². The second-order valence-corrected chi connectivity index (χ2v) is 6.09. The summed E-state index contributed by atoms with van der Waals surface area (Å²) in [5.74, 6) is 0.523. The van der Waals surface area contributed by atoms with Crippen LogP contribution in [0.25, 0.3) is 5.69 Å². The number of carbonyl (C=O) groups is 1. The first-order chi connectivity index (χ1) is 12.5. The molecule has 0 aliphatic rings. The average molecular weight is 374 g/mol. The van der Waals surface area contributed by atoms with Gasteiger partial charge in [0.15, 0.2) is 6.61 Å². The first kappa shape index (κ1) is 17.9. The van der Waals surface area contributed by atoms with Gasteiger partial charge >= 0.3 is 0 Å². The lowest BCUT2D eigenvalue weighted by molar-refractivity contribution is -0.123. The zero-order valence-electron chi connectivity index (χ0n) is 14.1. The van der Waals surface area contributed by atoms with E-state index in [2.05, 4.69) is 10.3 Å². The Balaban J connectivity index is 1.55. The number of benzene rings is 2. The number of carbonyl (C=O) groups excluding carboxylic acids is 1. The minimum atomic E-state index is -0.381. The van der Waals surface area contributed by atoms with Crippen LogP contribution in [-0.2, 0) is 11.3 Å². The number of hydrogen-bond donors (Lipinski definition) is 1. The van der Waals surface area contributed by atoms with Crippen LogP contribution in [0.5, 0.6) is 5.75 Å². The van der Waals surface area contributed by atoms with Crippen LogP contribution in [0.2, 0.25) is 5.02 Å². The van der Waals surface area contributed by atoms with Crippen molar-refractivity contribution in [1.82, 2.24) is 14.9 Å². The molecule has 0 radical (unpaired) electrons. The van der Waals surface area contributed by atoms with Gasteiger partial charge < -0.3 is 14.6 Å². The van der Waals surface area contributed by atoms with Crippen molar-refractivity contribution >= 4 is 17.5 Å². The summed E-state index contributed by atoms with van der Waals surface area (Å²) in [4.78, 5) is 16.0. The third-order valence-electron chi connectivity index (χ3n) is 3.75. The number of halogens is 2. The maximum Gasteiger partial charge on any atom is 0.258 e. The Bertz CT molecular complexity index is 927. The quantitative estimate of drug-likeness (QED) is 0.717. The van der Waals surface area contributed by atoms with Gasteiger partial charge in [-0.3, -0.25) is 4.79 Å². The van der Waals surface area contributed by atoms with Gasteiger partial charge in [0.2, 0.25) is 0 Å². The molecule has 0 saturated carbocycles. The van der Waals surface area contributed by atoms with Crippen LogP contribution in [0.3, 0.4) is 0 Å². The van der Waals surface area contributed by atoms with Crippen molar-refractivity contribution in [1.29, 1.82) is 0 Å². The highest BCUT2D eigenvalue weighted by Gasteiger charge is 2.09. The monoisotopic (exact) mass is 373 g/mol. The number of ether oxygens (including phenoxy) is 1. The topological polar surface area (TPSA) is 56.2 Å². The molecule has 7 heteroatoms. The van der Waals surface area contributed by atoms with Crippen LogP contribution >= 0.6 is 11.6 Å². The molecule has 0 spiro atoms. The molecule has 0 unspecified atom stereocenters. The highest BCUT2D eigenvalue weighted by atomic mass is 35.5. The van der Waals surface area contributed by atoms with Crippen molar-refractivity contribution in [3.63, 3.8) is 0 Å². The van der Waals surface area contributed by atoms with Crippen molar-refractivity contribution in [2.45, 2.75) is 13.5 Å². The van der Waals surface area contributed by atoms with E-state index in [0.29, 0.717) is 27.8 Å². The molecule has 0 atom stereocenters. The second-order valence-electron chi connectivity index (χ2n) is 5.65. The van der Waals surface area contributed by atoms with Crippen molar-refractivity contribution in [2.75, 3.05) is 6.61 Å². The molecule has 5 nitrogen and oxygen atoms in total. The van der Waals surface area contributed by atoms with E-state index in [-0.39, 0.29) is 24.9 Å². The summed E-state index contributed by atoms with van der Waals surface area (Å²) in [6.07, 6.45) is 3.31. The van der Waals surface area contributed by atoms with Gasteiger partial charge in [0.1, 0.15) is 17.4 Å². The number of hydrogen-bond acceptors (Lipinski definition) is 3. The number of amides is 1. The fourth-order valence-corrected chi connectivity index (χ4v) is 2.63. The van der Waals surface area contributed by atoms with E-state index in [0.717, 1.165) is 0 Å². The SMILES string of the molecule is Cc1nccn1-c1ccc(CNC(=O)COc2cccc(Cl)c2)cc1F. The molecule has 0 fully saturated rings. The molecule has 0 bridgehead atoms. The van der Waals surface area contributed by atoms with Crippen LogP contribution in [-0.4, -0.2) is 22.1 Å². The molecule has 0 aliphatic heterocycles. The molecule has 2 aromatic carbocycles. The maximum absolute atomic E-state index is 14.3. The fourth-order valence-electron chi connectivity index (χ4n) is 2.45. The van der Waals surface area contributed by atoms with Gasteiger partial charge in [-0.1, -0.05) is 23.7 Å². The number of aromatic nitrogens is 2. The van der Waals surface area contributed by atoms with E-state index in [1.54, 1.807) is 60.3 Å². The molecule has 1 heterocycles. The van der Waals surface area contributed by atoms with Crippen LogP contribution < -0.4 is 10.1 Å². The molecule has 3 rings (SSSR count). The highest BCUT2D eigenvalue weighted by Crippen LogP contribution is 2.18. The fraction of sp³-hybridized carbons (Fsp3) is 0.158. The maximum atomic E-state index is 14.3.